The highest BCUT2D eigenvalue weighted by atomic mass is 16.2. The molecule has 0 radical (unpaired) electrons. The third-order valence-electron chi connectivity index (χ3n) is 7.23. The highest BCUT2D eigenvalue weighted by Gasteiger charge is 2.43. The third kappa shape index (κ3) is 3.12. The summed E-state index contributed by atoms with van der Waals surface area (Å²) >= 11 is 0. The van der Waals surface area contributed by atoms with Gasteiger partial charge in [0.2, 0.25) is 11.8 Å². The standard InChI is InChI=1S/C22H29N5O2/c1-13-10-22(11-23-12-22)9-8-16(13)24-17-5-3-4-14-19(26-27(2)20(14)17)15-6-7-18(28)25-21(15)29/h3-5,13,15-16,23-24H,6-12H2,1-2H3,(H,25,28,29)/t13-,15?,16-/m1/s1. The van der Waals surface area contributed by atoms with Gasteiger partial charge in [0.1, 0.15) is 0 Å². The van der Waals surface area contributed by atoms with Crippen molar-refractivity contribution >= 4 is 28.4 Å². The van der Waals surface area contributed by atoms with Crippen LogP contribution in [0.1, 0.15) is 50.6 Å². The van der Waals surface area contributed by atoms with Crippen LogP contribution in [0.25, 0.3) is 10.9 Å². The lowest BCUT2D eigenvalue weighted by Crippen LogP contribution is -2.57. The number of nitrogens with one attached hydrogen (secondary N) is 3. The molecule has 2 saturated heterocycles. The first-order chi connectivity index (χ1) is 14.0. The zero-order valence-electron chi connectivity index (χ0n) is 17.1. The maximum atomic E-state index is 12.4. The Kier molecular flexibility index (Phi) is 4.38. The van der Waals surface area contributed by atoms with Crippen LogP contribution in [0, 0.1) is 11.3 Å². The Morgan fingerprint density at radius 2 is 2.07 bits per heavy atom. The van der Waals surface area contributed by atoms with Crippen molar-refractivity contribution in [2.75, 3.05) is 18.4 Å². The minimum Gasteiger partial charge on any atom is -0.380 e. The van der Waals surface area contributed by atoms with E-state index >= 15 is 0 Å². The summed E-state index contributed by atoms with van der Waals surface area (Å²) in [5.41, 5.74) is 3.41. The highest BCUT2D eigenvalue weighted by Crippen LogP contribution is 2.43. The second-order valence-electron chi connectivity index (χ2n) is 9.29. The number of para-hydroxylation sites is 1. The quantitative estimate of drug-likeness (QED) is 0.694. The number of amides is 2. The summed E-state index contributed by atoms with van der Waals surface area (Å²) < 4.78 is 1.88. The molecule has 7 heteroatoms. The van der Waals surface area contributed by atoms with Crippen molar-refractivity contribution in [1.29, 1.82) is 0 Å². The summed E-state index contributed by atoms with van der Waals surface area (Å²) in [6.45, 7) is 4.68. The van der Waals surface area contributed by atoms with Crippen molar-refractivity contribution in [2.24, 2.45) is 18.4 Å². The summed E-state index contributed by atoms with van der Waals surface area (Å²) in [5.74, 6) is -0.186. The molecule has 2 aliphatic heterocycles. The van der Waals surface area contributed by atoms with E-state index in [0.717, 1.165) is 35.4 Å². The van der Waals surface area contributed by atoms with Crippen molar-refractivity contribution in [1.82, 2.24) is 20.4 Å². The molecule has 5 rings (SSSR count). The number of carbonyl (C=O) groups is 2. The minimum absolute atomic E-state index is 0.195. The Morgan fingerprint density at radius 3 is 2.76 bits per heavy atom. The Morgan fingerprint density at radius 1 is 1.24 bits per heavy atom. The maximum absolute atomic E-state index is 12.4. The first kappa shape index (κ1) is 18.6. The molecule has 7 nitrogen and oxygen atoms in total. The van der Waals surface area contributed by atoms with Gasteiger partial charge in [-0.3, -0.25) is 19.6 Å². The molecule has 1 aromatic carbocycles. The molecular formula is C22H29N5O2. The highest BCUT2D eigenvalue weighted by molar-refractivity contribution is 6.03. The number of rotatable bonds is 3. The molecule has 1 aliphatic carbocycles. The van der Waals surface area contributed by atoms with Crippen LogP contribution in [0.4, 0.5) is 5.69 Å². The van der Waals surface area contributed by atoms with Crippen LogP contribution < -0.4 is 16.0 Å². The number of nitrogens with zero attached hydrogens (tertiary/aromatic N) is 2. The lowest BCUT2D eigenvalue weighted by molar-refractivity contribution is -0.134. The van der Waals surface area contributed by atoms with Crippen LogP contribution in [0.3, 0.4) is 0 Å². The van der Waals surface area contributed by atoms with Crippen LogP contribution in [0.5, 0.6) is 0 Å². The Labute approximate surface area is 170 Å². The van der Waals surface area contributed by atoms with Gasteiger partial charge in [0.15, 0.2) is 0 Å². The first-order valence-electron chi connectivity index (χ1n) is 10.7. The molecule has 1 saturated carbocycles. The van der Waals surface area contributed by atoms with Crippen molar-refractivity contribution in [3.63, 3.8) is 0 Å². The normalized spacial score (nSPS) is 29.0. The maximum Gasteiger partial charge on any atom is 0.235 e. The van der Waals surface area contributed by atoms with E-state index in [1.54, 1.807) is 0 Å². The van der Waals surface area contributed by atoms with Gasteiger partial charge >= 0.3 is 0 Å². The molecule has 3 atom stereocenters. The van der Waals surface area contributed by atoms with Gasteiger partial charge in [-0.25, -0.2) is 0 Å². The molecule has 29 heavy (non-hydrogen) atoms. The van der Waals surface area contributed by atoms with E-state index in [-0.39, 0.29) is 17.7 Å². The fourth-order valence-electron chi connectivity index (χ4n) is 5.58. The first-order valence-corrected chi connectivity index (χ1v) is 10.7. The van der Waals surface area contributed by atoms with Gasteiger partial charge in [0, 0.05) is 38.0 Å². The lowest BCUT2D eigenvalue weighted by atomic mass is 9.65. The SMILES string of the molecule is C[C@@H]1CC2(CC[C@H]1Nc1cccc3c(C4CCC(=O)NC4=O)nn(C)c13)CNC2. The predicted octanol–water partition coefficient (Wildman–Crippen LogP) is 2.28. The monoisotopic (exact) mass is 395 g/mol. The number of anilines is 1. The number of aromatic nitrogens is 2. The molecule has 2 aromatic rings. The van der Waals surface area contributed by atoms with Gasteiger partial charge in [-0.2, -0.15) is 5.10 Å². The molecule has 3 fully saturated rings. The van der Waals surface area contributed by atoms with Gasteiger partial charge in [0.25, 0.3) is 0 Å². The number of hydrogen-bond donors (Lipinski definition) is 3. The van der Waals surface area contributed by atoms with E-state index in [9.17, 15) is 9.59 Å². The molecule has 3 aliphatic rings. The summed E-state index contributed by atoms with van der Waals surface area (Å²) in [7, 11) is 1.93. The largest absolute Gasteiger partial charge is 0.380 e. The minimum atomic E-state index is -0.369. The lowest BCUT2D eigenvalue weighted by Gasteiger charge is -2.50. The molecule has 1 spiro atoms. The summed E-state index contributed by atoms with van der Waals surface area (Å²) in [6.07, 6.45) is 4.59. The average molecular weight is 396 g/mol. The van der Waals surface area contributed by atoms with E-state index in [1.165, 1.54) is 19.3 Å². The van der Waals surface area contributed by atoms with E-state index < -0.39 is 0 Å². The third-order valence-corrected chi connectivity index (χ3v) is 7.23. The van der Waals surface area contributed by atoms with Crippen LogP contribution >= 0.6 is 0 Å². The Bertz CT molecular complexity index is 977. The number of piperidine rings is 1. The number of aryl methyl sites for hydroxylation is 1. The molecule has 1 unspecified atom stereocenters. The van der Waals surface area contributed by atoms with Crippen LogP contribution in [-0.2, 0) is 16.6 Å². The van der Waals surface area contributed by atoms with Crippen molar-refractivity contribution in [3.8, 4) is 0 Å². The van der Waals surface area contributed by atoms with Gasteiger partial charge < -0.3 is 10.6 Å². The number of fused-ring (bicyclic) bond motifs is 1. The van der Waals surface area contributed by atoms with Gasteiger partial charge in [0.05, 0.1) is 22.8 Å². The smallest absolute Gasteiger partial charge is 0.235 e. The molecule has 1 aromatic heterocycles. The van der Waals surface area contributed by atoms with Crippen LogP contribution in [-0.4, -0.2) is 40.7 Å². The van der Waals surface area contributed by atoms with Crippen molar-refractivity contribution < 1.29 is 9.59 Å². The molecule has 3 N–H and O–H groups in total. The zero-order valence-corrected chi connectivity index (χ0v) is 17.1. The second-order valence-corrected chi connectivity index (χ2v) is 9.29. The molecule has 2 amide bonds. The molecule has 154 valence electrons. The van der Waals surface area contributed by atoms with Gasteiger partial charge in [-0.15, -0.1) is 0 Å². The van der Waals surface area contributed by atoms with E-state index in [2.05, 4.69) is 28.9 Å². The van der Waals surface area contributed by atoms with E-state index in [1.807, 2.05) is 23.9 Å². The second kappa shape index (κ2) is 6.83. The topological polar surface area (TPSA) is 88.1 Å². The van der Waals surface area contributed by atoms with E-state index in [0.29, 0.717) is 30.2 Å². The Balaban J connectivity index is 1.43. The average Bonchev–Trinajstić information content (AvgIpc) is 3.00. The number of hydrogen-bond acceptors (Lipinski definition) is 5. The fourth-order valence-corrected chi connectivity index (χ4v) is 5.58. The Hall–Kier alpha value is -2.41. The number of imide groups is 1. The molecule has 0 bridgehead atoms. The fraction of sp³-hybridized carbons (Fsp3) is 0.591. The van der Waals surface area contributed by atoms with Gasteiger partial charge in [-0.05, 0) is 43.1 Å². The van der Waals surface area contributed by atoms with Crippen molar-refractivity contribution in [3.05, 3.63) is 23.9 Å². The van der Waals surface area contributed by atoms with E-state index in [4.69, 9.17) is 5.10 Å². The summed E-state index contributed by atoms with van der Waals surface area (Å²) in [6, 6.07) is 6.62. The molecular weight excluding hydrogens is 366 g/mol. The van der Waals surface area contributed by atoms with Crippen LogP contribution in [0.15, 0.2) is 18.2 Å². The summed E-state index contributed by atoms with van der Waals surface area (Å²) in [4.78, 5) is 23.9. The number of carbonyl (C=O) groups excluding carboxylic acids is 2. The molecule has 3 heterocycles. The van der Waals surface area contributed by atoms with Crippen LogP contribution in [0.2, 0.25) is 0 Å². The summed E-state index contributed by atoms with van der Waals surface area (Å²) in [5, 5.41) is 15.4. The predicted molar refractivity (Wildman–Crippen MR) is 112 cm³/mol. The van der Waals surface area contributed by atoms with Gasteiger partial charge in [-0.1, -0.05) is 19.1 Å². The van der Waals surface area contributed by atoms with Crippen molar-refractivity contribution in [2.45, 2.75) is 51.0 Å². The number of benzene rings is 1. The zero-order chi connectivity index (χ0) is 20.2.